The minimum absolute atomic E-state index is 0.0111. The van der Waals surface area contributed by atoms with Gasteiger partial charge in [-0.15, -0.1) is 5.10 Å². The van der Waals surface area contributed by atoms with Crippen molar-refractivity contribution >= 4 is 5.69 Å². The molecule has 1 aromatic heterocycles. The molecular formula is C19H20N4. The van der Waals surface area contributed by atoms with Gasteiger partial charge in [-0.3, -0.25) is 0 Å². The summed E-state index contributed by atoms with van der Waals surface area (Å²) in [6.07, 6.45) is 0. The van der Waals surface area contributed by atoms with E-state index in [2.05, 4.69) is 78.0 Å². The molecule has 0 fully saturated rings. The van der Waals surface area contributed by atoms with Crippen LogP contribution in [0, 0.1) is 0 Å². The predicted octanol–water partition coefficient (Wildman–Crippen LogP) is 3.85. The summed E-state index contributed by atoms with van der Waals surface area (Å²) < 4.78 is 1.87. The summed E-state index contributed by atoms with van der Waals surface area (Å²) in [4.78, 5) is 0. The summed E-state index contributed by atoms with van der Waals surface area (Å²) in [7, 11) is 1.95. The standard InChI is InChI=1S/C19H20N4/c1-19(2)12-20-16-11-7-5-9-14(16)18-17(21-22-23(18)3)13-8-4-6-10-15(13)19/h4-11,20H,12H2,1-3H3. The Morgan fingerprint density at radius 3 is 2.52 bits per heavy atom. The van der Waals surface area contributed by atoms with Gasteiger partial charge in [0.15, 0.2) is 0 Å². The van der Waals surface area contributed by atoms with Crippen LogP contribution in [0.1, 0.15) is 19.4 Å². The van der Waals surface area contributed by atoms with Crippen molar-refractivity contribution in [2.75, 3.05) is 11.9 Å². The smallest absolute Gasteiger partial charge is 0.121 e. The monoisotopic (exact) mass is 304 g/mol. The lowest BCUT2D eigenvalue weighted by atomic mass is 9.81. The Bertz CT molecular complexity index is 877. The van der Waals surface area contributed by atoms with E-state index < -0.39 is 0 Å². The molecule has 0 spiro atoms. The molecule has 2 aromatic carbocycles. The summed E-state index contributed by atoms with van der Waals surface area (Å²) in [5.41, 5.74) is 6.72. The Morgan fingerprint density at radius 2 is 1.70 bits per heavy atom. The molecule has 4 heteroatoms. The molecule has 4 nitrogen and oxygen atoms in total. The zero-order chi connectivity index (χ0) is 16.0. The van der Waals surface area contributed by atoms with E-state index in [9.17, 15) is 0 Å². The topological polar surface area (TPSA) is 42.7 Å². The van der Waals surface area contributed by atoms with Crippen molar-refractivity contribution in [1.29, 1.82) is 0 Å². The number of hydrogen-bond acceptors (Lipinski definition) is 3. The highest BCUT2D eigenvalue weighted by molar-refractivity contribution is 5.87. The lowest BCUT2D eigenvalue weighted by Crippen LogP contribution is -2.28. The van der Waals surface area contributed by atoms with Crippen LogP contribution < -0.4 is 5.32 Å². The molecule has 1 N–H and O–H groups in total. The molecule has 116 valence electrons. The Kier molecular flexibility index (Phi) is 3.01. The van der Waals surface area contributed by atoms with Crippen molar-refractivity contribution in [3.8, 4) is 22.5 Å². The fraction of sp³-hybridized carbons (Fsp3) is 0.263. The number of anilines is 1. The summed E-state index contributed by atoms with van der Waals surface area (Å²) in [6, 6.07) is 16.9. The van der Waals surface area contributed by atoms with E-state index in [-0.39, 0.29) is 5.41 Å². The molecule has 0 bridgehead atoms. The van der Waals surface area contributed by atoms with Crippen LogP contribution >= 0.6 is 0 Å². The molecule has 0 saturated carbocycles. The fourth-order valence-corrected chi connectivity index (χ4v) is 3.38. The van der Waals surface area contributed by atoms with E-state index >= 15 is 0 Å². The molecule has 3 aromatic rings. The third-order valence-electron chi connectivity index (χ3n) is 4.64. The van der Waals surface area contributed by atoms with Gasteiger partial charge in [0.25, 0.3) is 0 Å². The third-order valence-corrected chi connectivity index (χ3v) is 4.64. The Morgan fingerprint density at radius 1 is 1.00 bits per heavy atom. The van der Waals surface area contributed by atoms with Gasteiger partial charge >= 0.3 is 0 Å². The van der Waals surface area contributed by atoms with Crippen molar-refractivity contribution < 1.29 is 0 Å². The van der Waals surface area contributed by atoms with E-state index in [4.69, 9.17) is 0 Å². The van der Waals surface area contributed by atoms with Crippen LogP contribution in [-0.2, 0) is 12.5 Å². The number of rotatable bonds is 0. The first-order chi connectivity index (χ1) is 11.1. The SMILES string of the molecule is Cn1nnc2c1-c1ccccc1NCC(C)(C)c1ccccc1-2. The minimum atomic E-state index is -0.0111. The highest BCUT2D eigenvalue weighted by Gasteiger charge is 2.29. The largest absolute Gasteiger partial charge is 0.384 e. The zero-order valence-corrected chi connectivity index (χ0v) is 13.7. The second-order valence-corrected chi connectivity index (χ2v) is 6.74. The molecule has 4 rings (SSSR count). The molecule has 2 heterocycles. The van der Waals surface area contributed by atoms with Crippen LogP contribution in [0.5, 0.6) is 0 Å². The molecule has 0 unspecified atom stereocenters. The molecule has 0 saturated heterocycles. The fourth-order valence-electron chi connectivity index (χ4n) is 3.38. The van der Waals surface area contributed by atoms with Gasteiger partial charge in [0, 0.05) is 35.8 Å². The summed E-state index contributed by atoms with van der Waals surface area (Å²) in [5, 5.41) is 12.4. The van der Waals surface area contributed by atoms with Crippen LogP contribution in [-0.4, -0.2) is 21.5 Å². The molecule has 0 radical (unpaired) electrons. The maximum Gasteiger partial charge on any atom is 0.121 e. The molecule has 0 aliphatic carbocycles. The van der Waals surface area contributed by atoms with Gasteiger partial charge < -0.3 is 5.32 Å². The van der Waals surface area contributed by atoms with E-state index in [1.807, 2.05) is 11.7 Å². The van der Waals surface area contributed by atoms with Crippen LogP contribution in [0.15, 0.2) is 48.5 Å². The highest BCUT2D eigenvalue weighted by Crippen LogP contribution is 2.41. The van der Waals surface area contributed by atoms with E-state index in [0.717, 1.165) is 29.2 Å². The van der Waals surface area contributed by atoms with Gasteiger partial charge in [0.05, 0.1) is 5.69 Å². The molecule has 0 atom stereocenters. The first-order valence-corrected chi connectivity index (χ1v) is 7.91. The number of aromatic nitrogens is 3. The quantitative estimate of drug-likeness (QED) is 0.686. The molecule has 1 aliphatic heterocycles. The first kappa shape index (κ1) is 14.0. The Balaban J connectivity index is 2.09. The number of para-hydroxylation sites is 1. The highest BCUT2D eigenvalue weighted by atomic mass is 15.4. The van der Waals surface area contributed by atoms with E-state index in [1.54, 1.807) is 0 Å². The van der Waals surface area contributed by atoms with Gasteiger partial charge in [-0.05, 0) is 11.6 Å². The molecular weight excluding hydrogens is 284 g/mol. The van der Waals surface area contributed by atoms with Crippen molar-refractivity contribution in [1.82, 2.24) is 15.0 Å². The minimum Gasteiger partial charge on any atom is -0.384 e. The van der Waals surface area contributed by atoms with Crippen LogP contribution in [0.4, 0.5) is 5.69 Å². The normalized spacial score (nSPS) is 15.3. The molecule has 23 heavy (non-hydrogen) atoms. The van der Waals surface area contributed by atoms with E-state index in [0.29, 0.717) is 0 Å². The number of benzene rings is 2. The summed E-state index contributed by atoms with van der Waals surface area (Å²) in [6.45, 7) is 5.40. The lowest BCUT2D eigenvalue weighted by molar-refractivity contribution is 0.559. The Labute approximate surface area is 136 Å². The van der Waals surface area contributed by atoms with Crippen molar-refractivity contribution in [3.05, 3.63) is 54.1 Å². The first-order valence-electron chi connectivity index (χ1n) is 7.91. The van der Waals surface area contributed by atoms with E-state index in [1.165, 1.54) is 11.1 Å². The predicted molar refractivity (Wildman–Crippen MR) is 93.4 cm³/mol. The second-order valence-electron chi connectivity index (χ2n) is 6.74. The van der Waals surface area contributed by atoms with Gasteiger partial charge in [0.1, 0.15) is 5.69 Å². The average Bonchev–Trinajstić information content (AvgIpc) is 2.95. The molecule has 1 aliphatic rings. The van der Waals surface area contributed by atoms with Gasteiger partial charge in [-0.25, -0.2) is 4.68 Å². The number of fused-ring (bicyclic) bond motifs is 5. The lowest BCUT2D eigenvalue weighted by Gasteiger charge is -2.27. The Hall–Kier alpha value is -2.62. The van der Waals surface area contributed by atoms with Gasteiger partial charge in [-0.2, -0.15) is 0 Å². The van der Waals surface area contributed by atoms with Crippen molar-refractivity contribution in [2.24, 2.45) is 7.05 Å². The van der Waals surface area contributed by atoms with Crippen LogP contribution in [0.25, 0.3) is 22.5 Å². The summed E-state index contributed by atoms with van der Waals surface area (Å²) in [5.74, 6) is 0. The zero-order valence-electron chi connectivity index (χ0n) is 13.7. The second kappa shape index (κ2) is 4.95. The number of nitrogens with zero attached hydrogens (tertiary/aromatic N) is 3. The number of hydrogen-bond donors (Lipinski definition) is 1. The van der Waals surface area contributed by atoms with Crippen molar-refractivity contribution in [2.45, 2.75) is 19.3 Å². The maximum atomic E-state index is 4.49. The van der Waals surface area contributed by atoms with Crippen LogP contribution in [0.2, 0.25) is 0 Å². The molecule has 0 amide bonds. The maximum absolute atomic E-state index is 4.49. The van der Waals surface area contributed by atoms with Gasteiger partial charge in [-0.1, -0.05) is 61.5 Å². The summed E-state index contributed by atoms with van der Waals surface area (Å²) >= 11 is 0. The van der Waals surface area contributed by atoms with Crippen molar-refractivity contribution in [3.63, 3.8) is 0 Å². The van der Waals surface area contributed by atoms with Crippen LogP contribution in [0.3, 0.4) is 0 Å². The number of nitrogens with one attached hydrogen (secondary N) is 1. The van der Waals surface area contributed by atoms with Gasteiger partial charge in [0.2, 0.25) is 0 Å². The number of aryl methyl sites for hydroxylation is 1. The average molecular weight is 304 g/mol. The third kappa shape index (κ3) is 2.13.